The SMILES string of the molecule is CC(C)(C)C(=O)NCc1ccc(C(=O)N(CC(=O)O)Cc2ccccc2)cc1. The zero-order valence-electron chi connectivity index (χ0n) is 16.4. The summed E-state index contributed by atoms with van der Waals surface area (Å²) in [5.74, 6) is -1.47. The number of amides is 2. The monoisotopic (exact) mass is 382 g/mol. The summed E-state index contributed by atoms with van der Waals surface area (Å²) in [7, 11) is 0. The fourth-order valence-corrected chi connectivity index (χ4v) is 2.56. The lowest BCUT2D eigenvalue weighted by Crippen LogP contribution is -2.35. The Morgan fingerprint density at radius 1 is 0.929 bits per heavy atom. The summed E-state index contributed by atoms with van der Waals surface area (Å²) in [6.45, 7) is 5.73. The van der Waals surface area contributed by atoms with Crippen molar-refractivity contribution in [3.63, 3.8) is 0 Å². The van der Waals surface area contributed by atoms with Gasteiger partial charge in [-0.3, -0.25) is 14.4 Å². The number of hydrogen-bond acceptors (Lipinski definition) is 3. The second-order valence-electron chi connectivity index (χ2n) is 7.67. The number of nitrogens with zero attached hydrogens (tertiary/aromatic N) is 1. The first-order valence-electron chi connectivity index (χ1n) is 9.09. The second kappa shape index (κ2) is 9.17. The Labute approximate surface area is 165 Å². The molecule has 2 amide bonds. The number of aliphatic carboxylic acids is 1. The summed E-state index contributed by atoms with van der Waals surface area (Å²) in [5.41, 5.74) is 1.66. The zero-order valence-corrected chi connectivity index (χ0v) is 16.4. The first-order chi connectivity index (χ1) is 13.2. The molecule has 0 saturated heterocycles. The molecule has 6 nitrogen and oxygen atoms in total. The van der Waals surface area contributed by atoms with E-state index in [1.807, 2.05) is 51.1 Å². The molecule has 28 heavy (non-hydrogen) atoms. The Bertz CT molecular complexity index is 824. The number of rotatable bonds is 7. The minimum Gasteiger partial charge on any atom is -0.480 e. The molecule has 0 fully saturated rings. The van der Waals surface area contributed by atoms with E-state index in [1.165, 1.54) is 4.90 Å². The molecule has 0 heterocycles. The van der Waals surface area contributed by atoms with Crippen molar-refractivity contribution in [3.05, 3.63) is 71.3 Å². The van der Waals surface area contributed by atoms with Gasteiger partial charge >= 0.3 is 5.97 Å². The molecule has 2 N–H and O–H groups in total. The van der Waals surface area contributed by atoms with E-state index in [-0.39, 0.29) is 24.9 Å². The average molecular weight is 382 g/mol. The van der Waals surface area contributed by atoms with Gasteiger partial charge in [0.05, 0.1) is 0 Å². The van der Waals surface area contributed by atoms with Crippen LogP contribution >= 0.6 is 0 Å². The van der Waals surface area contributed by atoms with Crippen LogP contribution in [0.15, 0.2) is 54.6 Å². The maximum atomic E-state index is 12.8. The third-order valence-electron chi connectivity index (χ3n) is 4.16. The van der Waals surface area contributed by atoms with E-state index in [0.717, 1.165) is 11.1 Å². The fraction of sp³-hybridized carbons (Fsp3) is 0.318. The average Bonchev–Trinajstić information content (AvgIpc) is 2.65. The van der Waals surface area contributed by atoms with E-state index < -0.39 is 11.4 Å². The van der Waals surface area contributed by atoms with E-state index in [2.05, 4.69) is 5.32 Å². The van der Waals surface area contributed by atoms with Crippen LogP contribution in [0.3, 0.4) is 0 Å². The van der Waals surface area contributed by atoms with Crippen molar-refractivity contribution < 1.29 is 19.5 Å². The van der Waals surface area contributed by atoms with Gasteiger partial charge in [-0.15, -0.1) is 0 Å². The van der Waals surface area contributed by atoms with Crippen LogP contribution in [0.1, 0.15) is 42.3 Å². The molecule has 6 heteroatoms. The van der Waals surface area contributed by atoms with E-state index >= 15 is 0 Å². The van der Waals surface area contributed by atoms with Crippen molar-refractivity contribution in [2.45, 2.75) is 33.9 Å². The van der Waals surface area contributed by atoms with Gasteiger partial charge in [-0.1, -0.05) is 63.2 Å². The number of benzene rings is 2. The standard InChI is InChI=1S/C22H26N2O4/c1-22(2,3)21(28)23-13-16-9-11-18(12-10-16)20(27)24(15-19(25)26)14-17-7-5-4-6-8-17/h4-12H,13-15H2,1-3H3,(H,23,28)(H,25,26). The lowest BCUT2D eigenvalue weighted by Gasteiger charge is -2.21. The Morgan fingerprint density at radius 2 is 1.54 bits per heavy atom. The number of carboxylic acid groups (broad SMARTS) is 1. The molecule has 0 aliphatic carbocycles. The third-order valence-corrected chi connectivity index (χ3v) is 4.16. The molecule has 0 aromatic heterocycles. The van der Waals surface area contributed by atoms with Crippen LogP contribution in [-0.2, 0) is 22.7 Å². The highest BCUT2D eigenvalue weighted by Gasteiger charge is 2.21. The molecule has 2 aromatic carbocycles. The molecule has 148 valence electrons. The molecular weight excluding hydrogens is 356 g/mol. The van der Waals surface area contributed by atoms with Crippen LogP contribution in [0.25, 0.3) is 0 Å². The summed E-state index contributed by atoms with van der Waals surface area (Å²) < 4.78 is 0. The Morgan fingerprint density at radius 3 is 2.07 bits per heavy atom. The highest BCUT2D eigenvalue weighted by molar-refractivity contribution is 5.95. The summed E-state index contributed by atoms with van der Waals surface area (Å²) in [5, 5.41) is 12.0. The summed E-state index contributed by atoms with van der Waals surface area (Å²) in [6, 6.07) is 16.1. The Kier molecular flexibility index (Phi) is 6.93. The van der Waals surface area contributed by atoms with Gasteiger partial charge < -0.3 is 15.3 Å². The lowest BCUT2D eigenvalue weighted by molar-refractivity contribution is -0.137. The molecule has 0 atom stereocenters. The molecule has 2 aromatic rings. The highest BCUT2D eigenvalue weighted by Crippen LogP contribution is 2.14. The van der Waals surface area contributed by atoms with E-state index in [4.69, 9.17) is 5.11 Å². The molecule has 0 spiro atoms. The van der Waals surface area contributed by atoms with Crippen LogP contribution in [0.2, 0.25) is 0 Å². The van der Waals surface area contributed by atoms with Crippen LogP contribution < -0.4 is 5.32 Å². The number of carboxylic acids is 1. The predicted molar refractivity (Wildman–Crippen MR) is 107 cm³/mol. The van der Waals surface area contributed by atoms with Gasteiger partial charge in [0.25, 0.3) is 5.91 Å². The topological polar surface area (TPSA) is 86.7 Å². The lowest BCUT2D eigenvalue weighted by atomic mass is 9.95. The quantitative estimate of drug-likeness (QED) is 0.770. The zero-order chi connectivity index (χ0) is 20.7. The third kappa shape index (κ3) is 6.23. The van der Waals surface area contributed by atoms with Gasteiger partial charge in [0.15, 0.2) is 0 Å². The van der Waals surface area contributed by atoms with E-state index in [9.17, 15) is 14.4 Å². The van der Waals surface area contributed by atoms with Gasteiger partial charge in [-0.05, 0) is 23.3 Å². The van der Waals surface area contributed by atoms with Crippen LogP contribution in [0.5, 0.6) is 0 Å². The van der Waals surface area contributed by atoms with E-state index in [1.54, 1.807) is 24.3 Å². The minimum absolute atomic E-state index is 0.0526. The second-order valence-corrected chi connectivity index (χ2v) is 7.67. The van der Waals surface area contributed by atoms with Gasteiger partial charge in [0.1, 0.15) is 6.54 Å². The van der Waals surface area contributed by atoms with Crippen LogP contribution in [-0.4, -0.2) is 34.3 Å². The molecule has 0 saturated carbocycles. The van der Waals surface area contributed by atoms with E-state index in [0.29, 0.717) is 12.1 Å². The largest absolute Gasteiger partial charge is 0.480 e. The van der Waals surface area contributed by atoms with Gasteiger partial charge in [0.2, 0.25) is 5.91 Å². The predicted octanol–water partition coefficient (Wildman–Crippen LogP) is 3.08. The molecule has 0 aliphatic rings. The summed E-state index contributed by atoms with van der Waals surface area (Å²) in [6.07, 6.45) is 0. The molecular formula is C22H26N2O4. The van der Waals surface area contributed by atoms with Crippen molar-refractivity contribution in [3.8, 4) is 0 Å². The van der Waals surface area contributed by atoms with Crippen molar-refractivity contribution in [1.82, 2.24) is 10.2 Å². The molecule has 2 rings (SSSR count). The van der Waals surface area contributed by atoms with Crippen molar-refractivity contribution in [2.24, 2.45) is 5.41 Å². The first kappa shape index (κ1) is 21.2. The van der Waals surface area contributed by atoms with Crippen LogP contribution in [0, 0.1) is 5.41 Å². The number of carbonyl (C=O) groups is 3. The van der Waals surface area contributed by atoms with Gasteiger partial charge in [-0.2, -0.15) is 0 Å². The number of hydrogen-bond donors (Lipinski definition) is 2. The first-order valence-corrected chi connectivity index (χ1v) is 9.09. The fourth-order valence-electron chi connectivity index (χ4n) is 2.56. The maximum absolute atomic E-state index is 12.8. The molecule has 0 unspecified atom stereocenters. The normalized spacial score (nSPS) is 11.0. The maximum Gasteiger partial charge on any atom is 0.323 e. The van der Waals surface area contributed by atoms with Crippen molar-refractivity contribution in [1.29, 1.82) is 0 Å². The van der Waals surface area contributed by atoms with Crippen molar-refractivity contribution >= 4 is 17.8 Å². The Balaban J connectivity index is 2.07. The molecule has 0 aliphatic heterocycles. The molecule has 0 bridgehead atoms. The Hall–Kier alpha value is -3.15. The van der Waals surface area contributed by atoms with Crippen LogP contribution in [0.4, 0.5) is 0 Å². The minimum atomic E-state index is -1.06. The van der Waals surface area contributed by atoms with Gasteiger partial charge in [0, 0.05) is 24.1 Å². The van der Waals surface area contributed by atoms with Gasteiger partial charge in [-0.25, -0.2) is 0 Å². The summed E-state index contributed by atoms with van der Waals surface area (Å²) in [4.78, 5) is 37.2. The number of nitrogens with one attached hydrogen (secondary N) is 1. The summed E-state index contributed by atoms with van der Waals surface area (Å²) >= 11 is 0. The van der Waals surface area contributed by atoms with Crippen molar-refractivity contribution in [2.75, 3.05) is 6.54 Å². The highest BCUT2D eigenvalue weighted by atomic mass is 16.4. The molecule has 0 radical (unpaired) electrons. The number of carbonyl (C=O) groups excluding carboxylic acids is 2. The smallest absolute Gasteiger partial charge is 0.323 e.